The van der Waals surface area contributed by atoms with Gasteiger partial charge in [-0.3, -0.25) is 4.79 Å². The van der Waals surface area contributed by atoms with Crippen LogP contribution in [0.2, 0.25) is 0 Å². The number of benzene rings is 1. The van der Waals surface area contributed by atoms with Crippen molar-refractivity contribution in [3.63, 3.8) is 0 Å². The van der Waals surface area contributed by atoms with Crippen LogP contribution >= 0.6 is 0 Å². The van der Waals surface area contributed by atoms with E-state index in [2.05, 4.69) is 10.6 Å². The quantitative estimate of drug-likeness (QED) is 0.766. The summed E-state index contributed by atoms with van der Waals surface area (Å²) >= 11 is 0. The summed E-state index contributed by atoms with van der Waals surface area (Å²) in [6.07, 6.45) is 6.48. The highest BCUT2D eigenvalue weighted by Gasteiger charge is 2.32. The van der Waals surface area contributed by atoms with E-state index in [4.69, 9.17) is 13.9 Å². The van der Waals surface area contributed by atoms with Crippen molar-refractivity contribution < 1.29 is 18.7 Å². The largest absolute Gasteiger partial charge is 0.484 e. The fourth-order valence-corrected chi connectivity index (χ4v) is 4.45. The summed E-state index contributed by atoms with van der Waals surface area (Å²) in [5.74, 6) is 1.73. The van der Waals surface area contributed by atoms with Crippen LogP contribution < -0.4 is 15.4 Å². The summed E-state index contributed by atoms with van der Waals surface area (Å²) in [6, 6.07) is 5.84. The molecule has 6 heteroatoms. The Balaban J connectivity index is 1.34. The third kappa shape index (κ3) is 4.18. The molecule has 0 bridgehead atoms. The Morgan fingerprint density at radius 2 is 2.07 bits per heavy atom. The van der Waals surface area contributed by atoms with Crippen molar-refractivity contribution >= 4 is 16.9 Å². The summed E-state index contributed by atoms with van der Waals surface area (Å²) < 4.78 is 17.1. The average molecular weight is 386 g/mol. The van der Waals surface area contributed by atoms with E-state index in [0.29, 0.717) is 18.9 Å². The van der Waals surface area contributed by atoms with Crippen LogP contribution in [0.5, 0.6) is 5.75 Å². The molecule has 0 spiro atoms. The van der Waals surface area contributed by atoms with Crippen LogP contribution in [0, 0.1) is 5.41 Å². The van der Waals surface area contributed by atoms with Gasteiger partial charge in [-0.2, -0.15) is 0 Å². The lowest BCUT2D eigenvalue weighted by Gasteiger charge is -2.37. The fraction of sp³-hybridized carbons (Fsp3) is 0.591. The highest BCUT2D eigenvalue weighted by molar-refractivity contribution is 5.84. The van der Waals surface area contributed by atoms with Gasteiger partial charge in [-0.1, -0.05) is 0 Å². The topological polar surface area (TPSA) is 72.7 Å². The monoisotopic (exact) mass is 386 g/mol. The first-order chi connectivity index (χ1) is 13.7. The van der Waals surface area contributed by atoms with Crippen molar-refractivity contribution in [2.75, 3.05) is 40.0 Å². The molecule has 1 aromatic heterocycles. The Morgan fingerprint density at radius 1 is 1.25 bits per heavy atom. The van der Waals surface area contributed by atoms with E-state index < -0.39 is 0 Å². The van der Waals surface area contributed by atoms with E-state index in [1.54, 1.807) is 7.11 Å². The van der Waals surface area contributed by atoms with Crippen LogP contribution in [0.25, 0.3) is 11.0 Å². The Bertz CT molecular complexity index is 818. The third-order valence-corrected chi connectivity index (χ3v) is 6.07. The molecule has 4 rings (SSSR count). The number of aryl methyl sites for hydroxylation is 2. The minimum atomic E-state index is -0.0941. The van der Waals surface area contributed by atoms with E-state index >= 15 is 0 Å². The number of carbonyl (C=O) groups excluding carboxylic acids is 1. The number of hydrogen-bond donors (Lipinski definition) is 2. The summed E-state index contributed by atoms with van der Waals surface area (Å²) in [6.45, 7) is 3.24. The van der Waals surface area contributed by atoms with Gasteiger partial charge in [0.15, 0.2) is 6.61 Å². The number of nitrogens with one attached hydrogen (secondary N) is 2. The molecule has 2 aromatic rings. The molecule has 2 heterocycles. The van der Waals surface area contributed by atoms with Crippen LogP contribution in [-0.4, -0.2) is 45.9 Å². The number of methoxy groups -OCH3 is 1. The molecule has 1 aliphatic heterocycles. The highest BCUT2D eigenvalue weighted by Crippen LogP contribution is 2.34. The lowest BCUT2D eigenvalue weighted by Crippen LogP contribution is -2.47. The zero-order chi connectivity index (χ0) is 19.4. The smallest absolute Gasteiger partial charge is 0.257 e. The molecule has 1 aliphatic carbocycles. The molecule has 1 aromatic carbocycles. The van der Waals surface area contributed by atoms with Crippen LogP contribution in [0.4, 0.5) is 0 Å². The number of carbonyl (C=O) groups is 1. The van der Waals surface area contributed by atoms with Gasteiger partial charge in [0, 0.05) is 36.4 Å². The number of amides is 1. The molecule has 2 N–H and O–H groups in total. The van der Waals surface area contributed by atoms with Gasteiger partial charge in [0.25, 0.3) is 5.91 Å². The number of ether oxygens (including phenoxy) is 2. The van der Waals surface area contributed by atoms with Crippen molar-refractivity contribution in [2.45, 2.75) is 38.5 Å². The van der Waals surface area contributed by atoms with Gasteiger partial charge in [0.2, 0.25) is 0 Å². The van der Waals surface area contributed by atoms with Crippen molar-refractivity contribution in [3.8, 4) is 5.75 Å². The summed E-state index contributed by atoms with van der Waals surface area (Å²) in [7, 11) is 1.72. The second kappa shape index (κ2) is 8.53. The van der Waals surface area contributed by atoms with E-state index in [1.165, 1.54) is 18.4 Å². The van der Waals surface area contributed by atoms with Gasteiger partial charge in [-0.05, 0) is 63.4 Å². The molecule has 2 aliphatic rings. The average Bonchev–Trinajstić information content (AvgIpc) is 3.10. The van der Waals surface area contributed by atoms with E-state index in [-0.39, 0.29) is 17.9 Å². The second-order valence-electron chi connectivity index (χ2n) is 8.12. The zero-order valence-corrected chi connectivity index (χ0v) is 16.6. The van der Waals surface area contributed by atoms with Crippen molar-refractivity contribution in [3.05, 3.63) is 29.5 Å². The maximum atomic E-state index is 12.3. The minimum absolute atomic E-state index is 0.0183. The molecular weight excluding hydrogens is 356 g/mol. The fourth-order valence-electron chi connectivity index (χ4n) is 4.45. The first-order valence-corrected chi connectivity index (χ1v) is 10.3. The predicted octanol–water partition coefficient (Wildman–Crippen LogP) is 2.82. The highest BCUT2D eigenvalue weighted by atomic mass is 16.5. The van der Waals surface area contributed by atoms with Gasteiger partial charge >= 0.3 is 0 Å². The predicted molar refractivity (Wildman–Crippen MR) is 108 cm³/mol. The lowest BCUT2D eigenvalue weighted by atomic mass is 9.79. The number of hydrogen-bond acceptors (Lipinski definition) is 5. The normalized spacial score (nSPS) is 18.6. The maximum Gasteiger partial charge on any atom is 0.257 e. The number of furan rings is 1. The standard InChI is InChI=1S/C22H30N2O4/c1-26-15-22(8-10-23-11-9-22)14-24-21(25)13-27-16-6-7-20-18(12-16)17-4-2-3-5-19(17)28-20/h6-7,12,23H,2-5,8-11,13-15H2,1H3,(H,24,25). The molecule has 0 saturated carbocycles. The van der Waals surface area contributed by atoms with Crippen LogP contribution in [0.1, 0.15) is 37.0 Å². The SMILES string of the molecule is COCC1(CNC(=O)COc2ccc3oc4c(c3c2)CCCC4)CCNCC1. The second-order valence-corrected chi connectivity index (χ2v) is 8.12. The molecular formula is C22H30N2O4. The van der Waals surface area contributed by atoms with Gasteiger partial charge < -0.3 is 24.5 Å². The van der Waals surface area contributed by atoms with Gasteiger partial charge in [0.1, 0.15) is 17.1 Å². The van der Waals surface area contributed by atoms with Crippen molar-refractivity contribution in [2.24, 2.45) is 5.41 Å². The van der Waals surface area contributed by atoms with Crippen LogP contribution in [0.15, 0.2) is 22.6 Å². The van der Waals surface area contributed by atoms with Crippen LogP contribution in [-0.2, 0) is 22.4 Å². The van der Waals surface area contributed by atoms with E-state index in [9.17, 15) is 4.79 Å². The molecule has 6 nitrogen and oxygen atoms in total. The van der Waals surface area contributed by atoms with Crippen LogP contribution in [0.3, 0.4) is 0 Å². The molecule has 28 heavy (non-hydrogen) atoms. The van der Waals surface area contributed by atoms with E-state index in [1.807, 2.05) is 18.2 Å². The molecule has 152 valence electrons. The van der Waals surface area contributed by atoms with E-state index in [0.717, 1.165) is 55.5 Å². The van der Waals surface area contributed by atoms with Crippen molar-refractivity contribution in [1.82, 2.24) is 10.6 Å². The Morgan fingerprint density at radius 3 is 2.89 bits per heavy atom. The first kappa shape index (κ1) is 19.3. The molecule has 1 fully saturated rings. The van der Waals surface area contributed by atoms with Gasteiger partial charge in [-0.15, -0.1) is 0 Å². The van der Waals surface area contributed by atoms with Gasteiger partial charge in [-0.25, -0.2) is 0 Å². The number of rotatable bonds is 7. The summed E-state index contributed by atoms with van der Waals surface area (Å²) in [5, 5.41) is 7.53. The first-order valence-electron chi connectivity index (χ1n) is 10.3. The zero-order valence-electron chi connectivity index (χ0n) is 16.6. The third-order valence-electron chi connectivity index (χ3n) is 6.07. The summed E-state index contributed by atoms with van der Waals surface area (Å²) in [5.41, 5.74) is 2.24. The summed E-state index contributed by atoms with van der Waals surface area (Å²) in [4.78, 5) is 12.3. The Hall–Kier alpha value is -2.05. The Labute approximate surface area is 165 Å². The molecule has 1 amide bonds. The Kier molecular flexibility index (Phi) is 5.87. The number of fused-ring (bicyclic) bond motifs is 3. The molecule has 0 unspecified atom stereocenters. The minimum Gasteiger partial charge on any atom is -0.484 e. The molecule has 0 radical (unpaired) electrons. The maximum absolute atomic E-state index is 12.3. The number of piperidine rings is 1. The lowest BCUT2D eigenvalue weighted by molar-refractivity contribution is -0.124. The molecule has 0 atom stereocenters. The van der Waals surface area contributed by atoms with Crippen molar-refractivity contribution in [1.29, 1.82) is 0 Å². The van der Waals surface area contributed by atoms with Gasteiger partial charge in [0.05, 0.1) is 6.61 Å². The molecule has 1 saturated heterocycles.